The molecule has 180 valence electrons. The van der Waals surface area contributed by atoms with Gasteiger partial charge in [0, 0.05) is 28.8 Å². The van der Waals surface area contributed by atoms with Crippen LogP contribution in [-0.2, 0) is 16.6 Å². The van der Waals surface area contributed by atoms with E-state index < -0.39 is 23.4 Å². The number of fused-ring (bicyclic) bond motifs is 1. The Morgan fingerprint density at radius 2 is 1.88 bits per heavy atom. The molecule has 0 aliphatic heterocycles. The van der Waals surface area contributed by atoms with E-state index in [1.165, 1.54) is 6.07 Å². The summed E-state index contributed by atoms with van der Waals surface area (Å²) in [6, 6.07) is 6.56. The molecule has 0 radical (unpaired) electrons. The molecule has 0 saturated heterocycles. The van der Waals surface area contributed by atoms with Crippen molar-refractivity contribution in [3.8, 4) is 0 Å². The maximum absolute atomic E-state index is 13.0. The largest absolute Gasteiger partial charge is 0.433 e. The summed E-state index contributed by atoms with van der Waals surface area (Å²) < 4.78 is 40.8. The van der Waals surface area contributed by atoms with Gasteiger partial charge in [-0.1, -0.05) is 6.07 Å². The van der Waals surface area contributed by atoms with Crippen LogP contribution in [-0.4, -0.2) is 32.1 Å². The molecule has 1 amide bonds. The molecule has 34 heavy (non-hydrogen) atoms. The number of aliphatic hydroxyl groups is 1. The normalized spacial score (nSPS) is 19.2. The summed E-state index contributed by atoms with van der Waals surface area (Å²) >= 11 is 0. The predicted octanol–water partition coefficient (Wildman–Crippen LogP) is 4.86. The van der Waals surface area contributed by atoms with Crippen LogP contribution in [0.2, 0.25) is 0 Å². The van der Waals surface area contributed by atoms with Crippen LogP contribution in [0.5, 0.6) is 0 Å². The molecule has 0 unspecified atom stereocenters. The number of halogens is 3. The summed E-state index contributed by atoms with van der Waals surface area (Å²) in [4.78, 5) is 27.2. The Balaban J connectivity index is 1.66. The molecule has 1 fully saturated rings. The summed E-state index contributed by atoms with van der Waals surface area (Å²) in [7, 11) is 0. The van der Waals surface area contributed by atoms with Gasteiger partial charge in [0.25, 0.3) is 5.91 Å². The smallest absolute Gasteiger partial charge is 0.386 e. The van der Waals surface area contributed by atoms with Gasteiger partial charge in [-0.15, -0.1) is 0 Å². The zero-order valence-corrected chi connectivity index (χ0v) is 18.8. The number of aromatic nitrogens is 3. The highest BCUT2D eigenvalue weighted by molar-refractivity contribution is 6.04. The predicted molar refractivity (Wildman–Crippen MR) is 119 cm³/mol. The highest BCUT2D eigenvalue weighted by Gasteiger charge is 2.33. The first-order valence-electron chi connectivity index (χ1n) is 11.0. The number of carbonyl (C=O) groups excluding carboxylic acids is 2. The molecule has 2 aromatic heterocycles. The third kappa shape index (κ3) is 4.96. The maximum Gasteiger partial charge on any atom is 0.433 e. The van der Waals surface area contributed by atoms with Crippen LogP contribution in [0.1, 0.15) is 67.3 Å². The second kappa shape index (κ2) is 8.83. The fraction of sp³-hybridized carbons (Fsp3) is 0.417. The number of nitrogens with zero attached hydrogens (tertiary/aromatic N) is 3. The molecule has 10 heteroatoms. The number of hydrogen-bond donors (Lipinski definition) is 2. The van der Waals surface area contributed by atoms with Gasteiger partial charge in [0.2, 0.25) is 0 Å². The molecule has 3 aromatic rings. The highest BCUT2D eigenvalue weighted by atomic mass is 19.4. The Bertz CT molecular complexity index is 1220. The number of benzene rings is 1. The van der Waals surface area contributed by atoms with Crippen LogP contribution in [0.3, 0.4) is 0 Å². The first-order valence-corrected chi connectivity index (χ1v) is 11.0. The van der Waals surface area contributed by atoms with Crippen LogP contribution in [0.25, 0.3) is 10.9 Å². The number of anilines is 1. The van der Waals surface area contributed by atoms with Crippen molar-refractivity contribution in [2.24, 2.45) is 5.92 Å². The van der Waals surface area contributed by atoms with Gasteiger partial charge in [-0.2, -0.15) is 18.3 Å². The van der Waals surface area contributed by atoms with Gasteiger partial charge in [-0.05, 0) is 63.8 Å². The van der Waals surface area contributed by atoms with E-state index in [1.54, 1.807) is 26.0 Å². The Labute approximate surface area is 194 Å². The van der Waals surface area contributed by atoms with Crippen molar-refractivity contribution in [3.63, 3.8) is 0 Å². The zero-order valence-electron chi connectivity index (χ0n) is 18.8. The van der Waals surface area contributed by atoms with Crippen molar-refractivity contribution in [3.05, 3.63) is 53.5 Å². The first-order chi connectivity index (χ1) is 16.0. The Morgan fingerprint density at radius 1 is 1.18 bits per heavy atom. The lowest BCUT2D eigenvalue weighted by atomic mass is 9.87. The second-order valence-corrected chi connectivity index (χ2v) is 9.19. The van der Waals surface area contributed by atoms with E-state index in [-0.39, 0.29) is 23.3 Å². The molecule has 4 rings (SSSR count). The number of hydrogen-bond acceptors (Lipinski definition) is 5. The Morgan fingerprint density at radius 3 is 2.50 bits per heavy atom. The standard InChI is InChI=1S/C24H25F3N4O3/c1-23(2,34)17-11-19-15(12-31(30-19)16-8-6-14(13-32)7-9-16)10-20(17)29-22(33)18-4-3-5-21(28-18)24(25,26)27/h3-5,10-14,16,34H,6-9H2,1-2H3,(H,29,33). The van der Waals surface area contributed by atoms with Crippen molar-refractivity contribution >= 4 is 28.8 Å². The number of pyridine rings is 1. The average Bonchev–Trinajstić information content (AvgIpc) is 3.20. The van der Waals surface area contributed by atoms with E-state index in [4.69, 9.17) is 0 Å². The van der Waals surface area contributed by atoms with Crippen molar-refractivity contribution < 1.29 is 27.9 Å². The maximum atomic E-state index is 13.0. The average molecular weight is 474 g/mol. The summed E-state index contributed by atoms with van der Waals surface area (Å²) in [6.07, 6.45) is 1.40. The van der Waals surface area contributed by atoms with Gasteiger partial charge in [-0.3, -0.25) is 9.48 Å². The van der Waals surface area contributed by atoms with Crippen LogP contribution in [0, 0.1) is 5.92 Å². The highest BCUT2D eigenvalue weighted by Crippen LogP contribution is 2.35. The quantitative estimate of drug-likeness (QED) is 0.515. The van der Waals surface area contributed by atoms with E-state index >= 15 is 0 Å². The molecule has 0 bridgehead atoms. The van der Waals surface area contributed by atoms with Crippen LogP contribution in [0.4, 0.5) is 18.9 Å². The monoisotopic (exact) mass is 474 g/mol. The number of alkyl halides is 3. The molecule has 0 spiro atoms. The SMILES string of the molecule is CC(C)(O)c1cc2nn(C3CCC(C=O)CC3)cc2cc1NC(=O)c1cccc(C(F)(F)F)n1. The number of amides is 1. The molecule has 2 N–H and O–H groups in total. The minimum Gasteiger partial charge on any atom is -0.386 e. The molecule has 1 aliphatic carbocycles. The molecule has 2 heterocycles. The first kappa shape index (κ1) is 23.9. The summed E-state index contributed by atoms with van der Waals surface area (Å²) in [5.74, 6) is -0.746. The van der Waals surface area contributed by atoms with Gasteiger partial charge in [0.1, 0.15) is 17.7 Å². The van der Waals surface area contributed by atoms with Gasteiger partial charge in [0.15, 0.2) is 0 Å². The van der Waals surface area contributed by atoms with E-state index in [0.29, 0.717) is 16.5 Å². The van der Waals surface area contributed by atoms with Crippen LogP contribution in [0.15, 0.2) is 36.5 Å². The molecule has 1 aromatic carbocycles. The molecule has 7 nitrogen and oxygen atoms in total. The summed E-state index contributed by atoms with van der Waals surface area (Å²) in [5, 5.41) is 18.6. The number of nitrogens with one attached hydrogen (secondary N) is 1. The van der Waals surface area contributed by atoms with Crippen molar-refractivity contribution in [2.45, 2.75) is 57.3 Å². The van der Waals surface area contributed by atoms with Crippen LogP contribution >= 0.6 is 0 Å². The number of rotatable bonds is 5. The lowest BCUT2D eigenvalue weighted by Crippen LogP contribution is -2.22. The summed E-state index contributed by atoms with van der Waals surface area (Å²) in [5.41, 5.74) is -1.67. The number of carbonyl (C=O) groups is 2. The fourth-order valence-corrected chi connectivity index (χ4v) is 4.30. The van der Waals surface area contributed by atoms with Crippen LogP contribution < -0.4 is 5.32 Å². The van der Waals surface area contributed by atoms with E-state index in [9.17, 15) is 27.9 Å². The molecule has 1 aliphatic rings. The second-order valence-electron chi connectivity index (χ2n) is 9.19. The van der Waals surface area contributed by atoms with Gasteiger partial charge >= 0.3 is 6.18 Å². The topological polar surface area (TPSA) is 97.1 Å². The lowest BCUT2D eigenvalue weighted by molar-refractivity contribution is -0.141. The lowest BCUT2D eigenvalue weighted by Gasteiger charge is -2.25. The van der Waals surface area contributed by atoms with Gasteiger partial charge in [-0.25, -0.2) is 4.98 Å². The van der Waals surface area contributed by atoms with E-state index in [1.807, 2.05) is 10.9 Å². The van der Waals surface area contributed by atoms with Crippen molar-refractivity contribution in [2.75, 3.05) is 5.32 Å². The zero-order chi connectivity index (χ0) is 24.7. The fourth-order valence-electron chi connectivity index (χ4n) is 4.30. The molecular formula is C24H25F3N4O3. The molecular weight excluding hydrogens is 449 g/mol. The van der Waals surface area contributed by atoms with E-state index in [2.05, 4.69) is 15.4 Å². The molecule has 0 atom stereocenters. The minimum absolute atomic E-state index is 0.0780. The van der Waals surface area contributed by atoms with E-state index in [0.717, 1.165) is 44.1 Å². The summed E-state index contributed by atoms with van der Waals surface area (Å²) in [6.45, 7) is 3.09. The Hall–Kier alpha value is -3.27. The van der Waals surface area contributed by atoms with Gasteiger partial charge < -0.3 is 15.2 Å². The molecule has 1 saturated carbocycles. The van der Waals surface area contributed by atoms with Gasteiger partial charge in [0.05, 0.1) is 17.2 Å². The number of aldehydes is 1. The third-order valence-corrected chi connectivity index (χ3v) is 6.15. The third-order valence-electron chi connectivity index (χ3n) is 6.15. The van der Waals surface area contributed by atoms with Crippen molar-refractivity contribution in [1.29, 1.82) is 0 Å². The van der Waals surface area contributed by atoms with Crippen molar-refractivity contribution in [1.82, 2.24) is 14.8 Å². The Kier molecular flexibility index (Phi) is 6.20. The minimum atomic E-state index is -4.67.